The third-order valence-corrected chi connectivity index (χ3v) is 1.76. The second kappa shape index (κ2) is 5.43. The molecule has 0 unspecified atom stereocenters. The van der Waals surface area contributed by atoms with E-state index in [-0.39, 0.29) is 5.82 Å². The summed E-state index contributed by atoms with van der Waals surface area (Å²) in [5.41, 5.74) is 0.681. The minimum atomic E-state index is -0.185. The molecule has 0 fully saturated rings. The molecular formula is C10H12FNO. The fraction of sp³-hybridized carbons (Fsp3) is 0.300. The molecule has 13 heavy (non-hydrogen) atoms. The molecule has 0 aliphatic heterocycles. The summed E-state index contributed by atoms with van der Waals surface area (Å²) in [5, 5.41) is 2.88. The summed E-state index contributed by atoms with van der Waals surface area (Å²) >= 11 is 0. The summed E-state index contributed by atoms with van der Waals surface area (Å²) < 4.78 is 13.0. The molecule has 0 aliphatic rings. The van der Waals surface area contributed by atoms with Gasteiger partial charge in [0.25, 0.3) is 0 Å². The molecule has 1 aromatic rings. The highest BCUT2D eigenvalue weighted by Gasteiger charge is 1.98. The largest absolute Gasteiger partial charge is 0.310 e. The van der Waals surface area contributed by atoms with E-state index in [1.807, 2.05) is 0 Å². The van der Waals surface area contributed by atoms with E-state index in [1.54, 1.807) is 18.2 Å². The summed E-state index contributed by atoms with van der Waals surface area (Å²) in [4.78, 5) is 9.95. The molecule has 0 heterocycles. The van der Waals surface area contributed by atoms with Gasteiger partial charge in [-0.3, -0.25) is 0 Å². The molecule has 0 amide bonds. The van der Waals surface area contributed by atoms with Gasteiger partial charge >= 0.3 is 0 Å². The van der Waals surface area contributed by atoms with E-state index >= 15 is 0 Å². The second-order valence-corrected chi connectivity index (χ2v) is 2.71. The Morgan fingerprint density at radius 3 is 2.85 bits per heavy atom. The Balaban J connectivity index is 2.36. The smallest absolute Gasteiger partial charge is 0.133 e. The van der Waals surface area contributed by atoms with Gasteiger partial charge in [-0.1, -0.05) is 18.2 Å². The molecule has 1 aromatic carbocycles. The number of halogens is 1. The summed E-state index contributed by atoms with van der Waals surface area (Å²) in [6.45, 7) is 0.953. The van der Waals surface area contributed by atoms with Crippen molar-refractivity contribution in [2.75, 3.05) is 13.1 Å². The Kier molecular flexibility index (Phi) is 4.12. The van der Waals surface area contributed by atoms with Crippen molar-refractivity contribution in [1.82, 2.24) is 5.32 Å². The Morgan fingerprint density at radius 2 is 2.15 bits per heavy atom. The molecule has 1 N–H and O–H groups in total. The molecule has 0 saturated carbocycles. The average molecular weight is 181 g/mol. The van der Waals surface area contributed by atoms with Gasteiger partial charge in [0.05, 0.1) is 6.54 Å². The SMILES string of the molecule is O=CCNCCc1ccccc1F. The monoisotopic (exact) mass is 181 g/mol. The van der Waals surface area contributed by atoms with Crippen LogP contribution in [0.2, 0.25) is 0 Å². The molecule has 0 spiro atoms. The number of hydrogen-bond donors (Lipinski definition) is 1. The van der Waals surface area contributed by atoms with E-state index in [1.165, 1.54) is 6.07 Å². The number of hydrogen-bond acceptors (Lipinski definition) is 2. The number of carbonyl (C=O) groups is 1. The Morgan fingerprint density at radius 1 is 1.38 bits per heavy atom. The number of rotatable bonds is 5. The highest BCUT2D eigenvalue weighted by Crippen LogP contribution is 2.05. The first-order valence-corrected chi connectivity index (χ1v) is 4.22. The standard InChI is InChI=1S/C10H12FNO/c11-10-4-2-1-3-9(10)5-6-12-7-8-13/h1-4,8,12H,5-7H2. The Bertz CT molecular complexity index is 275. The van der Waals surface area contributed by atoms with Gasteiger partial charge in [0.15, 0.2) is 0 Å². The van der Waals surface area contributed by atoms with Crippen LogP contribution in [0.25, 0.3) is 0 Å². The predicted molar refractivity (Wildman–Crippen MR) is 49.0 cm³/mol. The van der Waals surface area contributed by atoms with E-state index in [0.29, 0.717) is 25.1 Å². The van der Waals surface area contributed by atoms with Crippen LogP contribution in [0.5, 0.6) is 0 Å². The van der Waals surface area contributed by atoms with Gasteiger partial charge in [0.2, 0.25) is 0 Å². The minimum Gasteiger partial charge on any atom is -0.310 e. The lowest BCUT2D eigenvalue weighted by molar-refractivity contribution is -0.107. The van der Waals surface area contributed by atoms with Gasteiger partial charge in [0, 0.05) is 0 Å². The minimum absolute atomic E-state index is 0.185. The van der Waals surface area contributed by atoms with Gasteiger partial charge < -0.3 is 10.1 Å². The molecule has 0 aromatic heterocycles. The van der Waals surface area contributed by atoms with E-state index < -0.39 is 0 Å². The highest BCUT2D eigenvalue weighted by molar-refractivity contribution is 5.51. The maximum atomic E-state index is 13.0. The molecule has 0 atom stereocenters. The predicted octanol–water partition coefficient (Wildman–Crippen LogP) is 1.16. The number of nitrogens with one attached hydrogen (secondary N) is 1. The third-order valence-electron chi connectivity index (χ3n) is 1.76. The molecule has 3 heteroatoms. The Hall–Kier alpha value is -1.22. The number of benzene rings is 1. The highest BCUT2D eigenvalue weighted by atomic mass is 19.1. The van der Waals surface area contributed by atoms with Crippen LogP contribution < -0.4 is 5.32 Å². The zero-order valence-electron chi connectivity index (χ0n) is 7.29. The van der Waals surface area contributed by atoms with Crippen LogP contribution in [0.1, 0.15) is 5.56 Å². The van der Waals surface area contributed by atoms with Crippen molar-refractivity contribution in [3.63, 3.8) is 0 Å². The molecule has 1 rings (SSSR count). The Labute approximate surface area is 76.8 Å². The zero-order chi connectivity index (χ0) is 9.52. The summed E-state index contributed by atoms with van der Waals surface area (Å²) in [6.07, 6.45) is 1.40. The van der Waals surface area contributed by atoms with Crippen molar-refractivity contribution in [2.45, 2.75) is 6.42 Å². The van der Waals surface area contributed by atoms with Crippen molar-refractivity contribution in [3.8, 4) is 0 Å². The number of carbonyl (C=O) groups excluding carboxylic acids is 1. The fourth-order valence-corrected chi connectivity index (χ4v) is 1.09. The number of aldehydes is 1. The lowest BCUT2D eigenvalue weighted by atomic mass is 10.1. The maximum Gasteiger partial charge on any atom is 0.133 e. The topological polar surface area (TPSA) is 29.1 Å². The van der Waals surface area contributed by atoms with Crippen molar-refractivity contribution < 1.29 is 9.18 Å². The molecule has 70 valence electrons. The lowest BCUT2D eigenvalue weighted by Crippen LogP contribution is -2.19. The summed E-state index contributed by atoms with van der Waals surface area (Å²) in [6, 6.07) is 6.66. The first-order chi connectivity index (χ1) is 6.34. The lowest BCUT2D eigenvalue weighted by Gasteiger charge is -2.02. The first-order valence-electron chi connectivity index (χ1n) is 4.22. The van der Waals surface area contributed by atoms with Crippen LogP contribution >= 0.6 is 0 Å². The van der Waals surface area contributed by atoms with Crippen LogP contribution in [0.4, 0.5) is 4.39 Å². The summed E-state index contributed by atoms with van der Waals surface area (Å²) in [7, 11) is 0. The van der Waals surface area contributed by atoms with Crippen LogP contribution in [-0.2, 0) is 11.2 Å². The van der Waals surface area contributed by atoms with E-state index in [9.17, 15) is 9.18 Å². The molecule has 0 bridgehead atoms. The van der Waals surface area contributed by atoms with Gasteiger partial charge in [0.1, 0.15) is 12.1 Å². The molecule has 0 aliphatic carbocycles. The third kappa shape index (κ3) is 3.34. The van der Waals surface area contributed by atoms with Crippen molar-refractivity contribution >= 4 is 6.29 Å². The van der Waals surface area contributed by atoms with Crippen molar-refractivity contribution in [1.29, 1.82) is 0 Å². The summed E-state index contributed by atoms with van der Waals surface area (Å²) in [5.74, 6) is -0.185. The maximum absolute atomic E-state index is 13.0. The van der Waals surface area contributed by atoms with Crippen LogP contribution in [0, 0.1) is 5.82 Å². The van der Waals surface area contributed by atoms with Gasteiger partial charge in [-0.25, -0.2) is 4.39 Å². The van der Waals surface area contributed by atoms with Crippen molar-refractivity contribution in [3.05, 3.63) is 35.6 Å². The normalized spacial score (nSPS) is 9.92. The van der Waals surface area contributed by atoms with E-state index in [4.69, 9.17) is 0 Å². The van der Waals surface area contributed by atoms with Crippen LogP contribution in [-0.4, -0.2) is 19.4 Å². The molecular weight excluding hydrogens is 169 g/mol. The quantitative estimate of drug-likeness (QED) is 0.545. The van der Waals surface area contributed by atoms with Gasteiger partial charge in [-0.05, 0) is 24.6 Å². The zero-order valence-corrected chi connectivity index (χ0v) is 7.29. The van der Waals surface area contributed by atoms with Gasteiger partial charge in [-0.15, -0.1) is 0 Å². The molecule has 0 saturated heterocycles. The van der Waals surface area contributed by atoms with Gasteiger partial charge in [-0.2, -0.15) is 0 Å². The first kappa shape index (κ1) is 9.86. The fourth-order valence-electron chi connectivity index (χ4n) is 1.09. The second-order valence-electron chi connectivity index (χ2n) is 2.71. The van der Waals surface area contributed by atoms with E-state index in [2.05, 4.69) is 5.32 Å². The van der Waals surface area contributed by atoms with Crippen LogP contribution in [0.15, 0.2) is 24.3 Å². The average Bonchev–Trinajstić information content (AvgIpc) is 2.15. The van der Waals surface area contributed by atoms with Crippen molar-refractivity contribution in [2.24, 2.45) is 0 Å². The molecule has 2 nitrogen and oxygen atoms in total. The van der Waals surface area contributed by atoms with Crippen LogP contribution in [0.3, 0.4) is 0 Å². The van der Waals surface area contributed by atoms with E-state index in [0.717, 1.165) is 6.29 Å². The molecule has 0 radical (unpaired) electrons.